The van der Waals surface area contributed by atoms with Gasteiger partial charge in [0.1, 0.15) is 0 Å². The van der Waals surface area contributed by atoms with Crippen molar-refractivity contribution in [2.45, 2.75) is 32.4 Å². The van der Waals surface area contributed by atoms with Crippen molar-refractivity contribution in [3.8, 4) is 0 Å². The summed E-state index contributed by atoms with van der Waals surface area (Å²) in [7, 11) is 0. The molecule has 1 aliphatic rings. The van der Waals surface area contributed by atoms with Crippen LogP contribution in [0.5, 0.6) is 0 Å². The fourth-order valence-corrected chi connectivity index (χ4v) is 2.43. The van der Waals surface area contributed by atoms with Gasteiger partial charge in [0, 0.05) is 12.1 Å². The van der Waals surface area contributed by atoms with E-state index in [4.69, 9.17) is 4.74 Å². The second-order valence-electron chi connectivity index (χ2n) is 4.58. The molecule has 1 aliphatic heterocycles. The third-order valence-corrected chi connectivity index (χ3v) is 3.56. The van der Waals surface area contributed by atoms with Gasteiger partial charge in [0.15, 0.2) is 6.29 Å². The lowest BCUT2D eigenvalue weighted by Gasteiger charge is -2.19. The maximum atomic E-state index is 11.8. The highest BCUT2D eigenvalue weighted by atomic mass is 16.5. The van der Waals surface area contributed by atoms with Gasteiger partial charge < -0.3 is 4.74 Å². The molecule has 0 radical (unpaired) electrons. The van der Waals surface area contributed by atoms with Gasteiger partial charge in [-0.3, -0.25) is 19.1 Å². The number of H-pyrrole nitrogens is 1. The molecule has 1 saturated heterocycles. The first-order chi connectivity index (χ1) is 8.58. The molecule has 1 fully saturated rings. The van der Waals surface area contributed by atoms with E-state index in [1.165, 1.54) is 10.8 Å². The number of rotatable bonds is 3. The number of nitrogens with zero attached hydrogens (tertiary/aromatic N) is 1. The Balaban J connectivity index is 2.43. The topological polar surface area (TPSA) is 81.2 Å². The van der Waals surface area contributed by atoms with Crippen LogP contribution in [0.3, 0.4) is 0 Å². The first-order valence-corrected chi connectivity index (χ1v) is 6.00. The van der Waals surface area contributed by atoms with Crippen molar-refractivity contribution >= 4 is 6.29 Å². The number of aldehydes is 1. The molecule has 0 saturated carbocycles. The lowest BCUT2D eigenvalue weighted by atomic mass is 9.97. The Bertz CT molecular complexity index is 560. The van der Waals surface area contributed by atoms with E-state index in [0.29, 0.717) is 12.9 Å². The fourth-order valence-electron chi connectivity index (χ4n) is 2.43. The smallest absolute Gasteiger partial charge is 0.328 e. The van der Waals surface area contributed by atoms with Crippen LogP contribution in [0.1, 0.15) is 36.7 Å². The third kappa shape index (κ3) is 2.03. The summed E-state index contributed by atoms with van der Waals surface area (Å²) >= 11 is 0. The van der Waals surface area contributed by atoms with Crippen LogP contribution in [0.2, 0.25) is 0 Å². The van der Waals surface area contributed by atoms with Crippen molar-refractivity contribution < 1.29 is 9.53 Å². The van der Waals surface area contributed by atoms with Crippen LogP contribution in [0, 0.1) is 5.92 Å². The molecule has 0 spiro atoms. The van der Waals surface area contributed by atoms with Crippen molar-refractivity contribution in [1.29, 1.82) is 0 Å². The van der Waals surface area contributed by atoms with E-state index in [1.54, 1.807) is 0 Å². The zero-order valence-electron chi connectivity index (χ0n) is 10.4. The average Bonchev–Trinajstić information content (AvgIpc) is 2.71. The van der Waals surface area contributed by atoms with E-state index in [2.05, 4.69) is 4.98 Å². The highest BCUT2D eigenvalue weighted by Gasteiger charge is 2.34. The first kappa shape index (κ1) is 12.8. The van der Waals surface area contributed by atoms with Crippen LogP contribution < -0.4 is 11.2 Å². The van der Waals surface area contributed by atoms with E-state index in [-0.39, 0.29) is 23.6 Å². The van der Waals surface area contributed by atoms with Gasteiger partial charge in [0.2, 0.25) is 0 Å². The molecule has 1 unspecified atom stereocenters. The summed E-state index contributed by atoms with van der Waals surface area (Å²) < 4.78 is 6.99. The molecule has 1 aromatic rings. The van der Waals surface area contributed by atoms with Crippen LogP contribution in [0.15, 0.2) is 15.8 Å². The molecule has 3 atom stereocenters. The SMILES string of the molecule is CC[C@H]1OCC(n2cc(C=O)c(=O)[nH]c2=O)[C@@H]1C. The van der Waals surface area contributed by atoms with Gasteiger partial charge in [-0.2, -0.15) is 0 Å². The molecule has 1 N–H and O–H groups in total. The minimum Gasteiger partial charge on any atom is -0.376 e. The van der Waals surface area contributed by atoms with Gasteiger partial charge >= 0.3 is 5.69 Å². The summed E-state index contributed by atoms with van der Waals surface area (Å²) in [6.45, 7) is 4.45. The van der Waals surface area contributed by atoms with Crippen molar-refractivity contribution in [1.82, 2.24) is 9.55 Å². The highest BCUT2D eigenvalue weighted by molar-refractivity contribution is 5.73. The second kappa shape index (κ2) is 4.89. The minimum absolute atomic E-state index is 0.0400. The van der Waals surface area contributed by atoms with Gasteiger partial charge in [0.05, 0.1) is 24.3 Å². The van der Waals surface area contributed by atoms with E-state index in [9.17, 15) is 14.4 Å². The molecule has 0 aliphatic carbocycles. The zero-order valence-corrected chi connectivity index (χ0v) is 10.4. The Labute approximate surface area is 104 Å². The van der Waals surface area contributed by atoms with Crippen LogP contribution >= 0.6 is 0 Å². The largest absolute Gasteiger partial charge is 0.376 e. The molecule has 0 bridgehead atoms. The van der Waals surface area contributed by atoms with Crippen LogP contribution in [0.4, 0.5) is 0 Å². The first-order valence-electron chi connectivity index (χ1n) is 6.00. The minimum atomic E-state index is -0.648. The summed E-state index contributed by atoms with van der Waals surface area (Å²) in [4.78, 5) is 36.0. The van der Waals surface area contributed by atoms with Crippen LogP contribution in [0.25, 0.3) is 0 Å². The lowest BCUT2D eigenvalue weighted by molar-refractivity contribution is 0.0902. The monoisotopic (exact) mass is 252 g/mol. The van der Waals surface area contributed by atoms with Crippen molar-refractivity contribution in [3.63, 3.8) is 0 Å². The van der Waals surface area contributed by atoms with E-state index < -0.39 is 11.2 Å². The summed E-state index contributed by atoms with van der Waals surface area (Å²) in [5.41, 5.74) is -1.19. The maximum absolute atomic E-state index is 11.8. The second-order valence-corrected chi connectivity index (χ2v) is 4.58. The Kier molecular flexibility index (Phi) is 3.47. The molecule has 0 aromatic carbocycles. The quantitative estimate of drug-likeness (QED) is 0.786. The normalized spacial score (nSPS) is 27.3. The molecule has 2 heterocycles. The molecular weight excluding hydrogens is 236 g/mol. The van der Waals surface area contributed by atoms with Gasteiger partial charge in [-0.25, -0.2) is 4.79 Å². The van der Waals surface area contributed by atoms with Crippen LogP contribution in [-0.2, 0) is 4.74 Å². The zero-order chi connectivity index (χ0) is 13.3. The number of hydrogen-bond acceptors (Lipinski definition) is 4. The van der Waals surface area contributed by atoms with E-state index in [1.807, 2.05) is 13.8 Å². The van der Waals surface area contributed by atoms with Crippen molar-refractivity contribution in [2.24, 2.45) is 5.92 Å². The van der Waals surface area contributed by atoms with E-state index in [0.717, 1.165) is 6.42 Å². The van der Waals surface area contributed by atoms with Gasteiger partial charge in [-0.1, -0.05) is 13.8 Å². The molecule has 6 heteroatoms. The molecular formula is C12H16N2O4. The molecule has 98 valence electrons. The van der Waals surface area contributed by atoms with Crippen molar-refractivity contribution in [2.75, 3.05) is 6.61 Å². The Morgan fingerprint density at radius 3 is 2.83 bits per heavy atom. The number of ether oxygens (including phenoxy) is 1. The molecule has 1 aromatic heterocycles. The van der Waals surface area contributed by atoms with E-state index >= 15 is 0 Å². The highest BCUT2D eigenvalue weighted by Crippen LogP contribution is 2.31. The molecule has 2 rings (SSSR count). The standard InChI is InChI=1S/C12H16N2O4/c1-3-10-7(2)9(6-18-10)14-4-8(5-15)11(16)13-12(14)17/h4-5,7,9-10H,3,6H2,1-2H3,(H,13,16,17)/t7-,9?,10+/m0/s1. The molecule has 6 nitrogen and oxygen atoms in total. The number of nitrogens with one attached hydrogen (secondary N) is 1. The van der Waals surface area contributed by atoms with Gasteiger partial charge in [-0.05, 0) is 6.42 Å². The van der Waals surface area contributed by atoms with Gasteiger partial charge in [-0.15, -0.1) is 0 Å². The summed E-state index contributed by atoms with van der Waals surface area (Å²) in [5, 5.41) is 0. The predicted molar refractivity (Wildman–Crippen MR) is 64.9 cm³/mol. The number of carbonyl (C=O) groups excluding carboxylic acids is 1. The average molecular weight is 252 g/mol. The number of aromatic amines is 1. The Hall–Kier alpha value is -1.69. The number of aromatic nitrogens is 2. The summed E-state index contributed by atoms with van der Waals surface area (Å²) in [6.07, 6.45) is 2.74. The van der Waals surface area contributed by atoms with Crippen LogP contribution in [-0.4, -0.2) is 28.5 Å². The summed E-state index contributed by atoms with van der Waals surface area (Å²) in [5.74, 6) is 0.165. The molecule has 18 heavy (non-hydrogen) atoms. The van der Waals surface area contributed by atoms with Gasteiger partial charge in [0.25, 0.3) is 5.56 Å². The molecule has 0 amide bonds. The Morgan fingerprint density at radius 1 is 1.56 bits per heavy atom. The maximum Gasteiger partial charge on any atom is 0.328 e. The fraction of sp³-hybridized carbons (Fsp3) is 0.583. The number of hydrogen-bond donors (Lipinski definition) is 1. The Morgan fingerprint density at radius 2 is 2.28 bits per heavy atom. The van der Waals surface area contributed by atoms with Crippen molar-refractivity contribution in [3.05, 3.63) is 32.6 Å². The third-order valence-electron chi connectivity index (χ3n) is 3.56. The summed E-state index contributed by atoms with van der Waals surface area (Å²) in [6, 6.07) is -0.141. The lowest BCUT2D eigenvalue weighted by Crippen LogP contribution is -2.36. The predicted octanol–water partition coefficient (Wildman–Crippen LogP) is 0.335. The number of carbonyl (C=O) groups is 1.